The lowest BCUT2D eigenvalue weighted by atomic mass is 10.3. The van der Waals surface area contributed by atoms with Gasteiger partial charge in [-0.3, -0.25) is 10.1 Å². The first-order valence-electron chi connectivity index (χ1n) is 5.70. The molecule has 0 bridgehead atoms. The van der Waals surface area contributed by atoms with Gasteiger partial charge < -0.3 is 9.47 Å². The van der Waals surface area contributed by atoms with Crippen molar-refractivity contribution < 1.29 is 14.3 Å². The number of hydrogen-bond acceptors (Lipinski definition) is 6. The number of carbonyl (C=O) groups excluding carboxylic acids is 1. The summed E-state index contributed by atoms with van der Waals surface area (Å²) < 4.78 is 14.6. The molecule has 0 atom stereocenters. The third kappa shape index (κ3) is 3.92. The van der Waals surface area contributed by atoms with Crippen LogP contribution in [0.3, 0.4) is 0 Å². The van der Waals surface area contributed by atoms with Crippen molar-refractivity contribution >= 4 is 22.6 Å². The quantitative estimate of drug-likeness (QED) is 0.875. The summed E-state index contributed by atoms with van der Waals surface area (Å²) >= 11 is 1.11. The van der Waals surface area contributed by atoms with Gasteiger partial charge in [0.15, 0.2) is 18.1 Å². The summed E-state index contributed by atoms with van der Waals surface area (Å²) in [6.07, 6.45) is 1.38. The largest absolute Gasteiger partial charge is 0.490 e. The van der Waals surface area contributed by atoms with Crippen LogP contribution >= 0.6 is 11.5 Å². The van der Waals surface area contributed by atoms with Crippen molar-refractivity contribution in [1.82, 2.24) is 9.36 Å². The van der Waals surface area contributed by atoms with Gasteiger partial charge in [0.25, 0.3) is 5.91 Å². The van der Waals surface area contributed by atoms with Gasteiger partial charge in [-0.25, -0.2) is 4.98 Å². The molecule has 0 unspecified atom stereocenters. The summed E-state index contributed by atoms with van der Waals surface area (Å²) in [7, 11) is 0. The Morgan fingerprint density at radius 1 is 1.32 bits per heavy atom. The Morgan fingerprint density at radius 2 is 2.05 bits per heavy atom. The van der Waals surface area contributed by atoms with E-state index >= 15 is 0 Å². The minimum atomic E-state index is -0.289. The van der Waals surface area contributed by atoms with E-state index in [0.29, 0.717) is 23.2 Å². The van der Waals surface area contributed by atoms with E-state index in [0.717, 1.165) is 11.5 Å². The maximum Gasteiger partial charge on any atom is 0.264 e. The lowest BCUT2D eigenvalue weighted by molar-refractivity contribution is -0.118. The van der Waals surface area contributed by atoms with Crippen LogP contribution < -0.4 is 14.8 Å². The highest BCUT2D eigenvalue weighted by Crippen LogP contribution is 2.26. The Bertz CT molecular complexity index is 531. The van der Waals surface area contributed by atoms with E-state index in [2.05, 4.69) is 14.7 Å². The normalized spacial score (nSPS) is 9.95. The van der Waals surface area contributed by atoms with Crippen molar-refractivity contribution in [2.75, 3.05) is 18.5 Å². The molecule has 6 nitrogen and oxygen atoms in total. The number of amides is 1. The molecule has 2 rings (SSSR count). The molecular formula is C12H13N3O3S. The van der Waals surface area contributed by atoms with Crippen molar-refractivity contribution in [3.8, 4) is 11.5 Å². The zero-order valence-electron chi connectivity index (χ0n) is 10.3. The van der Waals surface area contributed by atoms with Gasteiger partial charge in [-0.15, -0.1) is 0 Å². The molecule has 1 aromatic heterocycles. The van der Waals surface area contributed by atoms with Crippen LogP contribution in [0.5, 0.6) is 11.5 Å². The number of benzene rings is 1. The average molecular weight is 279 g/mol. The Hall–Kier alpha value is -2.15. The Kier molecular flexibility index (Phi) is 4.68. The van der Waals surface area contributed by atoms with E-state index in [9.17, 15) is 4.79 Å². The lowest BCUT2D eigenvalue weighted by Crippen LogP contribution is -2.20. The highest BCUT2D eigenvalue weighted by Gasteiger charge is 2.08. The second kappa shape index (κ2) is 6.69. The van der Waals surface area contributed by atoms with Gasteiger partial charge in [-0.1, -0.05) is 12.1 Å². The van der Waals surface area contributed by atoms with E-state index in [1.54, 1.807) is 12.1 Å². The van der Waals surface area contributed by atoms with Gasteiger partial charge in [0, 0.05) is 11.5 Å². The van der Waals surface area contributed by atoms with Crippen molar-refractivity contribution in [2.45, 2.75) is 6.92 Å². The van der Waals surface area contributed by atoms with Crippen molar-refractivity contribution in [1.29, 1.82) is 0 Å². The molecule has 7 heteroatoms. The highest BCUT2D eigenvalue weighted by molar-refractivity contribution is 7.09. The fourth-order valence-corrected chi connectivity index (χ4v) is 1.82. The van der Waals surface area contributed by atoms with Crippen LogP contribution in [0.25, 0.3) is 0 Å². The highest BCUT2D eigenvalue weighted by atomic mass is 32.1. The second-order valence-electron chi connectivity index (χ2n) is 3.46. The molecule has 19 heavy (non-hydrogen) atoms. The zero-order chi connectivity index (χ0) is 13.5. The minimum Gasteiger partial charge on any atom is -0.490 e. The fourth-order valence-electron chi connectivity index (χ4n) is 1.37. The first-order valence-corrected chi connectivity index (χ1v) is 6.48. The minimum absolute atomic E-state index is 0.107. The standard InChI is InChI=1S/C12H13N3O3S/c1-2-17-9-5-3-4-6-10(9)18-7-11(16)15-12-13-8-14-19-12/h3-6,8H,2,7H2,1H3,(H,13,14,15,16). The number of ether oxygens (including phenoxy) is 2. The summed E-state index contributed by atoms with van der Waals surface area (Å²) in [5, 5.41) is 3.03. The molecule has 0 fully saturated rings. The summed E-state index contributed by atoms with van der Waals surface area (Å²) in [6, 6.07) is 7.21. The van der Waals surface area contributed by atoms with E-state index in [1.807, 2.05) is 19.1 Å². The van der Waals surface area contributed by atoms with Crippen LogP contribution in [-0.4, -0.2) is 28.5 Å². The molecule has 0 aliphatic rings. The summed E-state index contributed by atoms with van der Waals surface area (Å²) in [6.45, 7) is 2.32. The van der Waals surface area contributed by atoms with Gasteiger partial charge in [0.2, 0.25) is 5.13 Å². The van der Waals surface area contributed by atoms with Gasteiger partial charge in [0.05, 0.1) is 6.61 Å². The zero-order valence-corrected chi connectivity index (χ0v) is 11.1. The molecule has 0 radical (unpaired) electrons. The molecule has 0 saturated heterocycles. The Labute approximate surface area is 114 Å². The number of aromatic nitrogens is 2. The van der Waals surface area contributed by atoms with Gasteiger partial charge in [-0.2, -0.15) is 4.37 Å². The molecule has 0 aliphatic heterocycles. The van der Waals surface area contributed by atoms with Crippen LogP contribution in [0.1, 0.15) is 6.92 Å². The van der Waals surface area contributed by atoms with Gasteiger partial charge >= 0.3 is 0 Å². The maximum absolute atomic E-state index is 11.6. The molecule has 0 spiro atoms. The Morgan fingerprint density at radius 3 is 2.68 bits per heavy atom. The molecule has 1 heterocycles. The van der Waals surface area contributed by atoms with Crippen LogP contribution in [0.4, 0.5) is 5.13 Å². The average Bonchev–Trinajstić information content (AvgIpc) is 2.91. The number of nitrogens with one attached hydrogen (secondary N) is 1. The molecular weight excluding hydrogens is 266 g/mol. The maximum atomic E-state index is 11.6. The van der Waals surface area contributed by atoms with Crippen LogP contribution in [0.2, 0.25) is 0 Å². The van der Waals surface area contributed by atoms with Gasteiger partial charge in [0.1, 0.15) is 6.33 Å². The lowest BCUT2D eigenvalue weighted by Gasteiger charge is -2.10. The first-order chi connectivity index (χ1) is 9.29. The SMILES string of the molecule is CCOc1ccccc1OCC(=O)Nc1ncns1. The number of carbonyl (C=O) groups is 1. The molecule has 100 valence electrons. The topological polar surface area (TPSA) is 73.3 Å². The van der Waals surface area contributed by atoms with Crippen molar-refractivity contribution in [2.24, 2.45) is 0 Å². The number of rotatable bonds is 6. The molecule has 1 aromatic carbocycles. The third-order valence-electron chi connectivity index (χ3n) is 2.12. The van der Waals surface area contributed by atoms with Gasteiger partial charge in [-0.05, 0) is 19.1 Å². The monoisotopic (exact) mass is 279 g/mol. The molecule has 1 amide bonds. The summed E-state index contributed by atoms with van der Waals surface area (Å²) in [4.78, 5) is 15.5. The number of hydrogen-bond donors (Lipinski definition) is 1. The molecule has 0 saturated carbocycles. The molecule has 2 aromatic rings. The smallest absolute Gasteiger partial charge is 0.264 e. The fraction of sp³-hybridized carbons (Fsp3) is 0.250. The molecule has 0 aliphatic carbocycles. The number of nitrogens with zero attached hydrogens (tertiary/aromatic N) is 2. The second-order valence-corrected chi connectivity index (χ2v) is 4.24. The van der Waals surface area contributed by atoms with E-state index in [1.165, 1.54) is 6.33 Å². The number of para-hydroxylation sites is 2. The van der Waals surface area contributed by atoms with Crippen molar-refractivity contribution in [3.63, 3.8) is 0 Å². The third-order valence-corrected chi connectivity index (χ3v) is 2.70. The summed E-state index contributed by atoms with van der Waals surface area (Å²) in [5.74, 6) is 0.869. The Balaban J connectivity index is 1.89. The predicted molar refractivity (Wildman–Crippen MR) is 71.6 cm³/mol. The van der Waals surface area contributed by atoms with Crippen LogP contribution in [0, 0.1) is 0 Å². The van der Waals surface area contributed by atoms with E-state index in [4.69, 9.17) is 9.47 Å². The molecule has 1 N–H and O–H groups in total. The van der Waals surface area contributed by atoms with E-state index in [-0.39, 0.29) is 12.5 Å². The van der Waals surface area contributed by atoms with E-state index < -0.39 is 0 Å². The van der Waals surface area contributed by atoms with Crippen LogP contribution in [0.15, 0.2) is 30.6 Å². The first kappa shape index (κ1) is 13.3. The van der Waals surface area contributed by atoms with Crippen molar-refractivity contribution in [3.05, 3.63) is 30.6 Å². The summed E-state index contributed by atoms with van der Waals surface area (Å²) in [5.41, 5.74) is 0. The number of anilines is 1. The predicted octanol–water partition coefficient (Wildman–Crippen LogP) is 1.95. The van der Waals surface area contributed by atoms with Crippen LogP contribution in [-0.2, 0) is 4.79 Å².